The second kappa shape index (κ2) is 10.8. The Morgan fingerprint density at radius 3 is 2.54 bits per heavy atom. The molecule has 1 aromatic heterocycles. The van der Waals surface area contributed by atoms with Gasteiger partial charge in [-0.3, -0.25) is 19.6 Å². The summed E-state index contributed by atoms with van der Waals surface area (Å²) in [6, 6.07) is 14.8. The van der Waals surface area contributed by atoms with E-state index in [-0.39, 0.29) is 24.3 Å². The minimum Gasteiger partial charge on any atom is -0.481 e. The van der Waals surface area contributed by atoms with Crippen LogP contribution >= 0.6 is 23.2 Å². The quantitative estimate of drug-likeness (QED) is 0.403. The molecular formula is C27H27Cl2N3O3. The molecule has 35 heavy (non-hydrogen) atoms. The number of carboxylic acids is 1. The first-order valence-electron chi connectivity index (χ1n) is 11.6. The predicted octanol–water partition coefficient (Wildman–Crippen LogP) is 5.95. The number of hydrogen-bond donors (Lipinski definition) is 1. The second-order valence-corrected chi connectivity index (χ2v) is 10.2. The third-order valence-electron chi connectivity index (χ3n) is 6.64. The Labute approximate surface area is 214 Å². The lowest BCUT2D eigenvalue weighted by molar-refractivity contribution is -0.157. The maximum absolute atomic E-state index is 13.9. The minimum absolute atomic E-state index is 0.145. The van der Waals surface area contributed by atoms with Gasteiger partial charge in [-0.15, -0.1) is 0 Å². The molecule has 1 fully saturated rings. The summed E-state index contributed by atoms with van der Waals surface area (Å²) >= 11 is 12.5. The van der Waals surface area contributed by atoms with Crippen LogP contribution in [0.1, 0.15) is 55.0 Å². The molecule has 0 spiro atoms. The number of aliphatic carboxylic acids is 1. The van der Waals surface area contributed by atoms with Crippen LogP contribution in [-0.4, -0.2) is 38.4 Å². The number of amides is 1. The van der Waals surface area contributed by atoms with Crippen molar-refractivity contribution in [3.63, 3.8) is 0 Å². The zero-order valence-corrected chi connectivity index (χ0v) is 20.9. The zero-order valence-electron chi connectivity index (χ0n) is 19.4. The van der Waals surface area contributed by atoms with Gasteiger partial charge < -0.3 is 10.0 Å². The van der Waals surface area contributed by atoms with E-state index in [0.717, 1.165) is 16.8 Å². The van der Waals surface area contributed by atoms with E-state index in [4.69, 9.17) is 23.2 Å². The minimum atomic E-state index is -1.05. The summed E-state index contributed by atoms with van der Waals surface area (Å²) in [6.07, 6.45) is 6.47. The molecule has 1 aliphatic rings. The summed E-state index contributed by atoms with van der Waals surface area (Å²) in [4.78, 5) is 36.0. The SMILES string of the molecule is C[C@]1(CC(=O)O)C[C@H](c2cccc(Cl)c2)[C@@H](c2ccc(Cl)cc2)N(CCCc2cnccn2)C1=O. The lowest BCUT2D eigenvalue weighted by Crippen LogP contribution is -2.52. The van der Waals surface area contributed by atoms with Crippen LogP contribution < -0.4 is 0 Å². The fraction of sp³-hybridized carbons (Fsp3) is 0.333. The van der Waals surface area contributed by atoms with Crippen molar-refractivity contribution >= 4 is 35.1 Å². The van der Waals surface area contributed by atoms with Gasteiger partial charge in [-0.05, 0) is 54.7 Å². The first-order chi connectivity index (χ1) is 16.8. The molecule has 6 nitrogen and oxygen atoms in total. The molecule has 3 aromatic rings. The number of rotatable bonds is 8. The number of nitrogens with zero attached hydrogens (tertiary/aromatic N) is 3. The van der Waals surface area contributed by atoms with Gasteiger partial charge in [-0.2, -0.15) is 0 Å². The van der Waals surface area contributed by atoms with Crippen molar-refractivity contribution in [2.75, 3.05) is 6.54 Å². The topological polar surface area (TPSA) is 83.4 Å². The van der Waals surface area contributed by atoms with Gasteiger partial charge in [0.25, 0.3) is 0 Å². The highest BCUT2D eigenvalue weighted by atomic mass is 35.5. The fourth-order valence-electron chi connectivity index (χ4n) is 5.10. The van der Waals surface area contributed by atoms with E-state index in [1.807, 2.05) is 53.4 Å². The van der Waals surface area contributed by atoms with Crippen molar-refractivity contribution in [3.05, 3.63) is 94.0 Å². The Morgan fingerprint density at radius 2 is 1.89 bits per heavy atom. The molecule has 0 radical (unpaired) electrons. The van der Waals surface area contributed by atoms with Crippen LogP contribution in [-0.2, 0) is 16.0 Å². The van der Waals surface area contributed by atoms with Crippen molar-refractivity contribution in [1.29, 1.82) is 0 Å². The maximum Gasteiger partial charge on any atom is 0.304 e. The number of aromatic nitrogens is 2. The van der Waals surface area contributed by atoms with Crippen LogP contribution in [0.3, 0.4) is 0 Å². The molecule has 2 heterocycles. The molecule has 1 N–H and O–H groups in total. The van der Waals surface area contributed by atoms with Crippen LogP contribution in [0.4, 0.5) is 0 Å². The number of likely N-dealkylation sites (tertiary alicyclic amines) is 1. The lowest BCUT2D eigenvalue weighted by atomic mass is 9.67. The van der Waals surface area contributed by atoms with E-state index in [1.165, 1.54) is 0 Å². The summed E-state index contributed by atoms with van der Waals surface area (Å²) in [5, 5.41) is 10.9. The van der Waals surface area contributed by atoms with Crippen LogP contribution in [0.2, 0.25) is 10.0 Å². The smallest absolute Gasteiger partial charge is 0.304 e. The van der Waals surface area contributed by atoms with Crippen molar-refractivity contribution in [1.82, 2.24) is 14.9 Å². The van der Waals surface area contributed by atoms with Gasteiger partial charge in [0, 0.05) is 41.1 Å². The highest BCUT2D eigenvalue weighted by Gasteiger charge is 2.50. The standard InChI is InChI=1S/C27H27Cl2N3O3/c1-27(16-24(33)34)15-23(19-4-2-5-21(29)14-19)25(18-7-9-20(28)10-8-18)32(26(27)35)13-3-6-22-17-30-11-12-31-22/h2,4-5,7-12,14,17,23,25H,3,6,13,15-16H2,1H3,(H,33,34)/t23-,25-,27-/m1/s1. The molecule has 0 saturated carbocycles. The number of hydrogen-bond acceptors (Lipinski definition) is 4. The second-order valence-electron chi connectivity index (χ2n) is 9.29. The van der Waals surface area contributed by atoms with E-state index in [2.05, 4.69) is 9.97 Å². The molecule has 0 bridgehead atoms. The van der Waals surface area contributed by atoms with E-state index in [9.17, 15) is 14.7 Å². The number of carbonyl (C=O) groups is 2. The van der Waals surface area contributed by atoms with E-state index < -0.39 is 11.4 Å². The van der Waals surface area contributed by atoms with Crippen LogP contribution in [0.25, 0.3) is 0 Å². The van der Waals surface area contributed by atoms with Gasteiger partial charge in [-0.1, -0.05) is 54.4 Å². The number of carbonyl (C=O) groups excluding carboxylic acids is 1. The van der Waals surface area contributed by atoms with Crippen LogP contribution in [0.5, 0.6) is 0 Å². The monoisotopic (exact) mass is 511 g/mol. The highest BCUT2D eigenvalue weighted by molar-refractivity contribution is 6.30. The lowest BCUT2D eigenvalue weighted by Gasteiger charge is -2.49. The third kappa shape index (κ3) is 5.82. The Balaban J connectivity index is 1.75. The van der Waals surface area contributed by atoms with Crippen molar-refractivity contribution in [2.24, 2.45) is 5.41 Å². The molecule has 3 atom stereocenters. The van der Waals surface area contributed by atoms with E-state index in [0.29, 0.717) is 35.9 Å². The van der Waals surface area contributed by atoms with Crippen molar-refractivity contribution in [3.8, 4) is 0 Å². The maximum atomic E-state index is 13.9. The molecular weight excluding hydrogens is 485 g/mol. The molecule has 182 valence electrons. The van der Waals surface area contributed by atoms with E-state index in [1.54, 1.807) is 25.5 Å². The summed E-state index contributed by atoms with van der Waals surface area (Å²) < 4.78 is 0. The van der Waals surface area contributed by atoms with Gasteiger partial charge in [0.05, 0.1) is 23.6 Å². The number of halogens is 2. The number of benzene rings is 2. The third-order valence-corrected chi connectivity index (χ3v) is 7.13. The Bertz CT molecular complexity index is 1190. The molecule has 8 heteroatoms. The average molecular weight is 512 g/mol. The molecule has 0 unspecified atom stereocenters. The summed E-state index contributed by atoms with van der Waals surface area (Å²) in [5.74, 6) is -1.29. The van der Waals surface area contributed by atoms with Crippen LogP contribution in [0, 0.1) is 5.41 Å². The number of piperidine rings is 1. The van der Waals surface area contributed by atoms with Gasteiger partial charge in [0.15, 0.2) is 0 Å². The molecule has 1 saturated heterocycles. The molecule has 1 aliphatic heterocycles. The summed E-state index contributed by atoms with van der Waals surface area (Å²) in [7, 11) is 0. The largest absolute Gasteiger partial charge is 0.481 e. The van der Waals surface area contributed by atoms with Gasteiger partial charge >= 0.3 is 5.97 Å². The molecule has 0 aliphatic carbocycles. The molecule has 1 amide bonds. The Kier molecular flexibility index (Phi) is 7.72. The first-order valence-corrected chi connectivity index (χ1v) is 12.3. The van der Waals surface area contributed by atoms with Crippen molar-refractivity contribution in [2.45, 2.75) is 44.6 Å². The summed E-state index contributed by atoms with van der Waals surface area (Å²) in [6.45, 7) is 2.21. The normalized spacial score (nSPS) is 22.3. The van der Waals surface area contributed by atoms with Gasteiger partial charge in [-0.25, -0.2) is 0 Å². The zero-order chi connectivity index (χ0) is 25.0. The molecule has 4 rings (SSSR count). The van der Waals surface area contributed by atoms with Crippen LogP contribution in [0.15, 0.2) is 67.1 Å². The Morgan fingerprint density at radius 1 is 1.11 bits per heavy atom. The number of aryl methyl sites for hydroxylation is 1. The van der Waals surface area contributed by atoms with Crippen molar-refractivity contribution < 1.29 is 14.7 Å². The fourth-order valence-corrected chi connectivity index (χ4v) is 5.42. The van der Waals surface area contributed by atoms with Gasteiger partial charge in [0.1, 0.15) is 0 Å². The highest BCUT2D eigenvalue weighted by Crippen LogP contribution is 2.51. The summed E-state index contributed by atoms with van der Waals surface area (Å²) in [5.41, 5.74) is 1.72. The Hall–Kier alpha value is -2.96. The first kappa shape index (κ1) is 25.1. The van der Waals surface area contributed by atoms with E-state index >= 15 is 0 Å². The predicted molar refractivity (Wildman–Crippen MR) is 135 cm³/mol. The average Bonchev–Trinajstić information content (AvgIpc) is 2.83. The van der Waals surface area contributed by atoms with Gasteiger partial charge in [0.2, 0.25) is 5.91 Å². The number of carboxylic acid groups (broad SMARTS) is 1. The molecule has 2 aromatic carbocycles.